The molecular weight excluding hydrogens is 196 g/mol. The molecule has 0 unspecified atom stereocenters. The van der Waals surface area contributed by atoms with Crippen molar-refractivity contribution < 1.29 is 19.1 Å². The summed E-state index contributed by atoms with van der Waals surface area (Å²) < 4.78 is 9.51. The smallest absolute Gasteiger partial charge is 0.331 e. The molecule has 0 amide bonds. The number of rotatable bonds is 3. The molecule has 0 atom stereocenters. The highest BCUT2D eigenvalue weighted by Crippen LogP contribution is 2.20. The minimum absolute atomic E-state index is 0.0218. The average Bonchev–Trinajstić information content (AvgIpc) is 2.27. The summed E-state index contributed by atoms with van der Waals surface area (Å²) in [6, 6.07) is 0. The van der Waals surface area contributed by atoms with Crippen LogP contribution in [0.3, 0.4) is 0 Å². The second-order valence-electron chi connectivity index (χ2n) is 3.55. The molecule has 1 saturated carbocycles. The van der Waals surface area contributed by atoms with Gasteiger partial charge in [-0.15, -0.1) is 0 Å². The molecule has 15 heavy (non-hydrogen) atoms. The number of methoxy groups -OCH3 is 1. The van der Waals surface area contributed by atoms with E-state index in [9.17, 15) is 9.59 Å². The van der Waals surface area contributed by atoms with Crippen molar-refractivity contribution in [3.63, 3.8) is 0 Å². The van der Waals surface area contributed by atoms with Crippen molar-refractivity contribution in [2.45, 2.75) is 38.2 Å². The Morgan fingerprint density at radius 2 is 1.67 bits per heavy atom. The van der Waals surface area contributed by atoms with E-state index < -0.39 is 11.9 Å². The Morgan fingerprint density at radius 3 is 2.27 bits per heavy atom. The van der Waals surface area contributed by atoms with Gasteiger partial charge in [-0.1, -0.05) is 6.42 Å². The molecule has 0 N–H and O–H groups in total. The van der Waals surface area contributed by atoms with Crippen LogP contribution < -0.4 is 0 Å². The van der Waals surface area contributed by atoms with Gasteiger partial charge in [0.25, 0.3) is 0 Å². The number of esters is 2. The predicted molar refractivity (Wildman–Crippen MR) is 54.1 cm³/mol. The fourth-order valence-corrected chi connectivity index (χ4v) is 1.59. The van der Waals surface area contributed by atoms with E-state index in [-0.39, 0.29) is 6.10 Å². The maximum absolute atomic E-state index is 11.2. The fourth-order valence-electron chi connectivity index (χ4n) is 1.59. The van der Waals surface area contributed by atoms with Crippen molar-refractivity contribution >= 4 is 11.9 Å². The lowest BCUT2D eigenvalue weighted by Crippen LogP contribution is -2.19. The third-order valence-corrected chi connectivity index (χ3v) is 2.39. The summed E-state index contributed by atoms with van der Waals surface area (Å²) in [6.07, 6.45) is 7.50. The lowest BCUT2D eigenvalue weighted by molar-refractivity contribution is -0.145. The SMILES string of the molecule is COC(=O)/C=C\C(=O)OC1CCCCC1. The van der Waals surface area contributed by atoms with Crippen LogP contribution in [0.1, 0.15) is 32.1 Å². The molecule has 0 aromatic carbocycles. The molecule has 4 nitrogen and oxygen atoms in total. The number of carbonyl (C=O) groups excluding carboxylic acids is 2. The first-order valence-corrected chi connectivity index (χ1v) is 5.19. The van der Waals surface area contributed by atoms with E-state index in [1.54, 1.807) is 0 Å². The van der Waals surface area contributed by atoms with Gasteiger partial charge < -0.3 is 9.47 Å². The molecule has 0 aliphatic heterocycles. The highest BCUT2D eigenvalue weighted by Gasteiger charge is 2.16. The van der Waals surface area contributed by atoms with Gasteiger partial charge in [0, 0.05) is 12.2 Å². The molecule has 1 aliphatic carbocycles. The molecule has 1 rings (SSSR count). The molecule has 0 radical (unpaired) electrons. The lowest BCUT2D eigenvalue weighted by atomic mass is 9.98. The van der Waals surface area contributed by atoms with E-state index >= 15 is 0 Å². The minimum Gasteiger partial charge on any atom is -0.466 e. The Labute approximate surface area is 89.2 Å². The van der Waals surface area contributed by atoms with Crippen LogP contribution in [-0.2, 0) is 19.1 Å². The van der Waals surface area contributed by atoms with Crippen LogP contribution in [-0.4, -0.2) is 25.2 Å². The zero-order valence-corrected chi connectivity index (χ0v) is 8.90. The van der Waals surface area contributed by atoms with E-state index in [2.05, 4.69) is 4.74 Å². The molecule has 1 fully saturated rings. The van der Waals surface area contributed by atoms with Gasteiger partial charge in [0.15, 0.2) is 0 Å². The van der Waals surface area contributed by atoms with Gasteiger partial charge >= 0.3 is 11.9 Å². The molecule has 0 bridgehead atoms. The van der Waals surface area contributed by atoms with Gasteiger partial charge in [-0.2, -0.15) is 0 Å². The van der Waals surface area contributed by atoms with E-state index in [1.165, 1.54) is 13.5 Å². The predicted octanol–water partition coefficient (Wildman–Crippen LogP) is 1.59. The number of ether oxygens (including phenoxy) is 2. The molecule has 84 valence electrons. The van der Waals surface area contributed by atoms with E-state index in [4.69, 9.17) is 4.74 Å². The second kappa shape index (κ2) is 6.22. The molecule has 0 spiro atoms. The Balaban J connectivity index is 2.28. The molecule has 4 heteroatoms. The van der Waals surface area contributed by atoms with Gasteiger partial charge in [0.05, 0.1) is 7.11 Å². The van der Waals surface area contributed by atoms with Crippen molar-refractivity contribution in [1.29, 1.82) is 0 Å². The quantitative estimate of drug-likeness (QED) is 0.526. The van der Waals surface area contributed by atoms with Crippen molar-refractivity contribution in [2.75, 3.05) is 7.11 Å². The molecular formula is C11H16O4. The van der Waals surface area contributed by atoms with Crippen LogP contribution in [0.5, 0.6) is 0 Å². The van der Waals surface area contributed by atoms with Crippen molar-refractivity contribution in [1.82, 2.24) is 0 Å². The number of carbonyl (C=O) groups is 2. The van der Waals surface area contributed by atoms with E-state index in [1.807, 2.05) is 0 Å². The third-order valence-electron chi connectivity index (χ3n) is 2.39. The van der Waals surface area contributed by atoms with Gasteiger partial charge in [0.2, 0.25) is 0 Å². The van der Waals surface area contributed by atoms with Gasteiger partial charge in [-0.25, -0.2) is 9.59 Å². The first-order valence-electron chi connectivity index (χ1n) is 5.19. The molecule has 1 aliphatic rings. The summed E-state index contributed by atoms with van der Waals surface area (Å²) in [5.74, 6) is -1.01. The monoisotopic (exact) mass is 212 g/mol. The summed E-state index contributed by atoms with van der Waals surface area (Å²) in [5.41, 5.74) is 0. The Kier molecular flexibility index (Phi) is 4.87. The standard InChI is InChI=1S/C11H16O4/c1-14-10(12)7-8-11(13)15-9-5-3-2-4-6-9/h7-9H,2-6H2,1H3/b8-7-. The van der Waals surface area contributed by atoms with Crippen LogP contribution in [0.2, 0.25) is 0 Å². The summed E-state index contributed by atoms with van der Waals surface area (Å²) >= 11 is 0. The first-order chi connectivity index (χ1) is 7.22. The molecule has 0 aromatic rings. The van der Waals surface area contributed by atoms with Crippen molar-refractivity contribution in [3.05, 3.63) is 12.2 Å². The van der Waals surface area contributed by atoms with Crippen LogP contribution in [0.4, 0.5) is 0 Å². The molecule has 0 aromatic heterocycles. The number of hydrogen-bond donors (Lipinski definition) is 0. The largest absolute Gasteiger partial charge is 0.466 e. The maximum Gasteiger partial charge on any atom is 0.331 e. The summed E-state index contributed by atoms with van der Waals surface area (Å²) in [7, 11) is 1.26. The first kappa shape index (κ1) is 11.8. The van der Waals surface area contributed by atoms with Crippen LogP contribution in [0.15, 0.2) is 12.2 Å². The van der Waals surface area contributed by atoms with Crippen LogP contribution in [0, 0.1) is 0 Å². The van der Waals surface area contributed by atoms with Gasteiger partial charge in [0.1, 0.15) is 6.10 Å². The Morgan fingerprint density at radius 1 is 1.07 bits per heavy atom. The Bertz CT molecular complexity index is 251. The highest BCUT2D eigenvalue weighted by molar-refractivity contribution is 5.91. The van der Waals surface area contributed by atoms with Crippen LogP contribution in [0.25, 0.3) is 0 Å². The number of hydrogen-bond acceptors (Lipinski definition) is 4. The third kappa shape index (κ3) is 4.63. The van der Waals surface area contributed by atoms with E-state index in [0.717, 1.165) is 37.8 Å². The lowest BCUT2D eigenvalue weighted by Gasteiger charge is -2.20. The topological polar surface area (TPSA) is 52.6 Å². The zero-order chi connectivity index (χ0) is 11.1. The van der Waals surface area contributed by atoms with Crippen molar-refractivity contribution in [2.24, 2.45) is 0 Å². The molecule has 0 saturated heterocycles. The summed E-state index contributed by atoms with van der Waals surface area (Å²) in [6.45, 7) is 0. The van der Waals surface area contributed by atoms with Gasteiger partial charge in [-0.3, -0.25) is 0 Å². The highest BCUT2D eigenvalue weighted by atomic mass is 16.5. The average molecular weight is 212 g/mol. The normalized spacial score (nSPS) is 17.7. The Hall–Kier alpha value is -1.32. The maximum atomic E-state index is 11.2. The summed E-state index contributed by atoms with van der Waals surface area (Å²) in [5, 5.41) is 0. The van der Waals surface area contributed by atoms with E-state index in [0.29, 0.717) is 0 Å². The molecule has 0 heterocycles. The zero-order valence-electron chi connectivity index (χ0n) is 8.90. The van der Waals surface area contributed by atoms with Crippen LogP contribution >= 0.6 is 0 Å². The second-order valence-corrected chi connectivity index (χ2v) is 3.55. The fraction of sp³-hybridized carbons (Fsp3) is 0.636. The van der Waals surface area contributed by atoms with Gasteiger partial charge in [-0.05, 0) is 25.7 Å². The minimum atomic E-state index is -0.546. The van der Waals surface area contributed by atoms with Crippen molar-refractivity contribution in [3.8, 4) is 0 Å². The summed E-state index contributed by atoms with van der Waals surface area (Å²) in [4.78, 5) is 21.9.